The number of nitrogens with one attached hydrogen (secondary N) is 2. The summed E-state index contributed by atoms with van der Waals surface area (Å²) in [4.78, 5) is 26.6. The lowest BCUT2D eigenvalue weighted by Crippen LogP contribution is -2.39. The number of likely N-dealkylation sites (N-methyl/N-ethyl adjacent to an activating group) is 1. The van der Waals surface area contributed by atoms with Gasteiger partial charge in [-0.1, -0.05) is 24.3 Å². The highest BCUT2D eigenvalue weighted by molar-refractivity contribution is 5.99. The van der Waals surface area contributed by atoms with Crippen LogP contribution < -0.4 is 15.8 Å². The lowest BCUT2D eigenvalue weighted by Gasteiger charge is -2.18. The van der Waals surface area contributed by atoms with E-state index in [-0.39, 0.29) is 61.3 Å². The molecule has 0 spiro atoms. The summed E-state index contributed by atoms with van der Waals surface area (Å²) in [5.41, 5.74) is 7.00. The van der Waals surface area contributed by atoms with Gasteiger partial charge in [0.1, 0.15) is 23.4 Å². The van der Waals surface area contributed by atoms with E-state index in [9.17, 15) is 9.59 Å². The molecule has 0 saturated carbocycles. The van der Waals surface area contributed by atoms with Gasteiger partial charge in [0.05, 0.1) is 24.8 Å². The van der Waals surface area contributed by atoms with Crippen molar-refractivity contribution in [2.45, 2.75) is 37.8 Å². The van der Waals surface area contributed by atoms with Gasteiger partial charge in [-0.15, -0.1) is 24.8 Å². The number of furan rings is 1. The van der Waals surface area contributed by atoms with Crippen molar-refractivity contribution in [2.24, 2.45) is 5.73 Å². The maximum absolute atomic E-state index is 12.9. The quantitative estimate of drug-likeness (QED) is 0.205. The van der Waals surface area contributed by atoms with E-state index >= 15 is 0 Å². The number of esters is 1. The number of amidine groups is 1. The van der Waals surface area contributed by atoms with Gasteiger partial charge in [-0.3, -0.25) is 15.0 Å². The lowest BCUT2D eigenvalue weighted by molar-refractivity contribution is -0.145. The Morgan fingerprint density at radius 1 is 1.18 bits per heavy atom. The molecule has 206 valence electrons. The second-order valence-corrected chi connectivity index (χ2v) is 9.12. The van der Waals surface area contributed by atoms with Crippen LogP contribution >= 0.6 is 24.8 Å². The van der Waals surface area contributed by atoms with Crippen LogP contribution in [0.4, 0.5) is 0 Å². The van der Waals surface area contributed by atoms with Gasteiger partial charge in [-0.05, 0) is 30.7 Å². The number of nitrogens with two attached hydrogens (primary N) is 1. The van der Waals surface area contributed by atoms with Crippen LogP contribution in [0, 0.1) is 5.41 Å². The second-order valence-electron chi connectivity index (χ2n) is 9.12. The number of nitrogen functional groups attached to an aromatic ring is 1. The molecule has 1 aliphatic rings. The minimum atomic E-state index is -0.559. The zero-order valence-corrected chi connectivity index (χ0v) is 23.2. The van der Waals surface area contributed by atoms with Gasteiger partial charge in [0.15, 0.2) is 0 Å². The molecule has 38 heavy (non-hydrogen) atoms. The van der Waals surface area contributed by atoms with Gasteiger partial charge in [0.2, 0.25) is 5.91 Å². The first kappa shape index (κ1) is 31.0. The summed E-state index contributed by atoms with van der Waals surface area (Å²) >= 11 is 0. The van der Waals surface area contributed by atoms with Crippen LogP contribution in [0.3, 0.4) is 0 Å². The standard InChI is InChI=1S/C27H32N4O5.2ClH/c1-4-34-27(33)22(13-24-21-10-7-17(25(28)29)11-18(21)15-35-24)16-5-8-19(9-6-16)36-20-12-23(30-14-20)26(32)31(2)3;;/h5-11,15,20,22-23,30H,4,12-14H2,1-3H3,(H3,28,29);2*1H/t20-,22?,23-;;/m0../s1. The van der Waals surface area contributed by atoms with Crippen LogP contribution in [0.2, 0.25) is 0 Å². The zero-order chi connectivity index (χ0) is 25.8. The number of carbonyl (C=O) groups excluding carboxylic acids is 2. The summed E-state index contributed by atoms with van der Waals surface area (Å²) in [6.45, 7) is 2.65. The summed E-state index contributed by atoms with van der Waals surface area (Å²) in [5.74, 6) is 0.465. The molecule has 1 aliphatic heterocycles. The molecule has 4 N–H and O–H groups in total. The number of carbonyl (C=O) groups is 2. The molecule has 1 fully saturated rings. The van der Waals surface area contributed by atoms with Gasteiger partial charge < -0.3 is 29.8 Å². The minimum absolute atomic E-state index is 0. The van der Waals surface area contributed by atoms with E-state index in [1.165, 1.54) is 0 Å². The molecule has 1 amide bonds. The van der Waals surface area contributed by atoms with Crippen molar-refractivity contribution >= 4 is 53.3 Å². The summed E-state index contributed by atoms with van der Waals surface area (Å²) < 4.78 is 17.2. The third-order valence-corrected chi connectivity index (χ3v) is 6.37. The second kappa shape index (κ2) is 13.5. The average molecular weight is 565 g/mol. The fraction of sp³-hybridized carbons (Fsp3) is 0.370. The zero-order valence-electron chi connectivity index (χ0n) is 21.6. The minimum Gasteiger partial charge on any atom is -0.489 e. The summed E-state index contributed by atoms with van der Waals surface area (Å²) in [5, 5.41) is 12.5. The number of benzene rings is 2. The SMILES string of the molecule is CCOC(=O)C(Cc1occ2cc(C(=N)N)ccc12)c1ccc(O[C@@H]2CN[C@H](C(=O)N(C)C)C2)cc1.Cl.Cl. The third kappa shape index (κ3) is 6.98. The van der Waals surface area contributed by atoms with E-state index in [1.807, 2.05) is 30.3 Å². The first-order valence-electron chi connectivity index (χ1n) is 12.0. The van der Waals surface area contributed by atoms with E-state index in [0.29, 0.717) is 36.5 Å². The molecule has 2 aromatic carbocycles. The lowest BCUT2D eigenvalue weighted by atomic mass is 9.93. The van der Waals surface area contributed by atoms with Gasteiger partial charge in [-0.25, -0.2) is 0 Å². The van der Waals surface area contributed by atoms with Crippen molar-refractivity contribution in [1.82, 2.24) is 10.2 Å². The van der Waals surface area contributed by atoms with Crippen molar-refractivity contribution in [3.63, 3.8) is 0 Å². The predicted molar refractivity (Wildman–Crippen MR) is 151 cm³/mol. The van der Waals surface area contributed by atoms with Crippen molar-refractivity contribution in [2.75, 3.05) is 27.2 Å². The molecule has 1 aromatic heterocycles. The molecular weight excluding hydrogens is 531 g/mol. The van der Waals surface area contributed by atoms with Crippen LogP contribution in [0.1, 0.15) is 36.1 Å². The normalized spacial score (nSPS) is 17.1. The first-order valence-corrected chi connectivity index (χ1v) is 12.0. The summed E-state index contributed by atoms with van der Waals surface area (Å²) in [7, 11) is 3.48. The van der Waals surface area contributed by atoms with Crippen molar-refractivity contribution in [3.05, 3.63) is 65.6 Å². The molecule has 1 unspecified atom stereocenters. The number of rotatable bonds is 9. The number of ether oxygens (including phenoxy) is 2. The maximum atomic E-state index is 12.9. The topological polar surface area (TPSA) is 131 Å². The number of nitrogens with zero attached hydrogens (tertiary/aromatic N) is 1. The van der Waals surface area contributed by atoms with Gasteiger partial charge in [-0.2, -0.15) is 0 Å². The first-order chi connectivity index (χ1) is 17.3. The highest BCUT2D eigenvalue weighted by Gasteiger charge is 2.32. The smallest absolute Gasteiger partial charge is 0.313 e. The van der Waals surface area contributed by atoms with Gasteiger partial charge in [0.25, 0.3) is 0 Å². The molecule has 9 nitrogen and oxygen atoms in total. The molecule has 1 saturated heterocycles. The van der Waals surface area contributed by atoms with E-state index in [4.69, 9.17) is 25.0 Å². The van der Waals surface area contributed by atoms with Crippen molar-refractivity contribution < 1.29 is 23.5 Å². The van der Waals surface area contributed by atoms with E-state index < -0.39 is 5.92 Å². The Morgan fingerprint density at radius 2 is 1.89 bits per heavy atom. The molecule has 3 aromatic rings. The number of hydrogen-bond acceptors (Lipinski definition) is 7. The fourth-order valence-electron chi connectivity index (χ4n) is 4.47. The van der Waals surface area contributed by atoms with E-state index in [0.717, 1.165) is 16.3 Å². The Kier molecular flexibility index (Phi) is 11.0. The third-order valence-electron chi connectivity index (χ3n) is 6.37. The molecule has 0 bridgehead atoms. The Bertz CT molecular complexity index is 1260. The van der Waals surface area contributed by atoms with Crippen molar-refractivity contribution in [1.29, 1.82) is 5.41 Å². The van der Waals surface area contributed by atoms with E-state index in [2.05, 4.69) is 5.32 Å². The summed E-state index contributed by atoms with van der Waals surface area (Å²) in [6.07, 6.45) is 2.42. The average Bonchev–Trinajstić information content (AvgIpc) is 3.49. The van der Waals surface area contributed by atoms with Gasteiger partial charge >= 0.3 is 5.97 Å². The maximum Gasteiger partial charge on any atom is 0.313 e. The van der Waals surface area contributed by atoms with Crippen LogP contribution in [0.5, 0.6) is 5.75 Å². The Labute approximate surface area is 234 Å². The number of amides is 1. The molecule has 0 radical (unpaired) electrons. The predicted octanol–water partition coefficient (Wildman–Crippen LogP) is 3.65. The molecular formula is C27H34Cl2N4O5. The molecule has 4 rings (SSSR count). The largest absolute Gasteiger partial charge is 0.489 e. The summed E-state index contributed by atoms with van der Waals surface area (Å²) in [6, 6.07) is 12.6. The molecule has 11 heteroatoms. The number of hydrogen-bond donors (Lipinski definition) is 3. The highest BCUT2D eigenvalue weighted by atomic mass is 35.5. The Balaban J connectivity index is 0.00000253. The molecule has 0 aliphatic carbocycles. The molecule has 2 heterocycles. The Morgan fingerprint density at radius 3 is 2.53 bits per heavy atom. The van der Waals surface area contributed by atoms with E-state index in [1.54, 1.807) is 44.3 Å². The Hall–Kier alpha value is -3.27. The van der Waals surface area contributed by atoms with Crippen LogP contribution in [-0.2, 0) is 20.7 Å². The van der Waals surface area contributed by atoms with Crippen LogP contribution in [0.25, 0.3) is 10.8 Å². The number of halogens is 2. The van der Waals surface area contributed by atoms with Crippen molar-refractivity contribution in [3.8, 4) is 5.75 Å². The highest BCUT2D eigenvalue weighted by Crippen LogP contribution is 2.30. The monoisotopic (exact) mass is 564 g/mol. The van der Waals surface area contributed by atoms with Crippen LogP contribution in [0.15, 0.2) is 53.1 Å². The molecule has 3 atom stereocenters. The van der Waals surface area contributed by atoms with Crippen LogP contribution in [-0.4, -0.2) is 62.0 Å². The fourth-order valence-corrected chi connectivity index (χ4v) is 4.47. The number of fused-ring (bicyclic) bond motifs is 1. The van der Waals surface area contributed by atoms with Gasteiger partial charge in [0, 0.05) is 49.8 Å².